The van der Waals surface area contributed by atoms with Crippen LogP contribution in [0.5, 0.6) is 0 Å². The average Bonchev–Trinajstić information content (AvgIpc) is 3.83. The minimum atomic E-state index is -0.0904. The summed E-state index contributed by atoms with van der Waals surface area (Å²) in [5.41, 5.74) is 2.16. The molecule has 0 aromatic carbocycles. The summed E-state index contributed by atoms with van der Waals surface area (Å²) in [7, 11) is 0. The highest BCUT2D eigenvalue weighted by molar-refractivity contribution is 5.78. The van der Waals surface area contributed by atoms with Crippen LogP contribution in [0.3, 0.4) is 0 Å². The largest absolute Gasteiger partial charge is 0.393 e. The Morgan fingerprint density at radius 2 is 0.750 bits per heavy atom. The van der Waals surface area contributed by atoms with Gasteiger partial charge in [-0.15, -0.1) is 0 Å². The quantitative estimate of drug-likeness (QED) is 0.298. The van der Waals surface area contributed by atoms with Gasteiger partial charge in [0, 0.05) is 11.8 Å². The van der Waals surface area contributed by atoms with Crippen LogP contribution in [0.2, 0.25) is 0 Å². The molecule has 0 radical (unpaired) electrons. The topological polar surface area (TPSA) is 74.6 Å². The van der Waals surface area contributed by atoms with E-state index < -0.39 is 0 Å². The van der Waals surface area contributed by atoms with Crippen molar-refractivity contribution in [2.75, 3.05) is 0 Å². The summed E-state index contributed by atoms with van der Waals surface area (Å²) >= 11 is 0. The van der Waals surface area contributed by atoms with Crippen LogP contribution in [0.15, 0.2) is 0 Å². The summed E-state index contributed by atoms with van der Waals surface area (Å²) in [6.07, 6.45) is 26.0. The van der Waals surface area contributed by atoms with E-state index in [-0.39, 0.29) is 12.2 Å². The van der Waals surface area contributed by atoms with Crippen molar-refractivity contribution in [2.45, 2.75) is 224 Å². The first-order valence-electron chi connectivity index (χ1n) is 24.4. The molecule has 324 valence electrons. The van der Waals surface area contributed by atoms with Crippen LogP contribution in [-0.2, 0) is 9.59 Å². The van der Waals surface area contributed by atoms with Crippen LogP contribution >= 0.6 is 0 Å². The van der Waals surface area contributed by atoms with Crippen LogP contribution in [0.1, 0.15) is 212 Å². The zero-order valence-corrected chi connectivity index (χ0v) is 38.9. The highest BCUT2D eigenvalue weighted by Gasteiger charge is 2.48. The average molecular weight is 781 g/mol. The molecule has 14 unspecified atom stereocenters. The molecule has 2 N–H and O–H groups in total. The van der Waals surface area contributed by atoms with E-state index in [2.05, 4.69) is 55.4 Å². The number of ketones is 2. The zero-order chi connectivity index (χ0) is 41.4. The molecule has 14 atom stereocenters. The summed E-state index contributed by atoms with van der Waals surface area (Å²) in [5, 5.41) is 19.3. The van der Waals surface area contributed by atoms with Gasteiger partial charge in [0.15, 0.2) is 0 Å². The monoisotopic (exact) mass is 781 g/mol. The molecule has 4 nitrogen and oxygen atoms in total. The molecule has 8 aliphatic carbocycles. The molecular formula is C52H92O4. The summed E-state index contributed by atoms with van der Waals surface area (Å²) in [6.45, 7) is 26.8. The summed E-state index contributed by atoms with van der Waals surface area (Å²) in [5.74, 6) is 10.0. The lowest BCUT2D eigenvalue weighted by Crippen LogP contribution is -2.33. The highest BCUT2D eigenvalue weighted by atomic mass is 16.3. The number of carbonyl (C=O) groups is 2. The van der Waals surface area contributed by atoms with Crippen molar-refractivity contribution in [1.82, 2.24) is 0 Å². The molecule has 8 fully saturated rings. The molecule has 8 aliphatic rings. The first kappa shape index (κ1) is 46.3. The van der Waals surface area contributed by atoms with Gasteiger partial charge in [0.25, 0.3) is 0 Å². The Labute approximate surface area is 346 Å². The third-order valence-electron chi connectivity index (χ3n) is 19.2. The van der Waals surface area contributed by atoms with Gasteiger partial charge in [-0.25, -0.2) is 0 Å². The molecule has 4 heteroatoms. The van der Waals surface area contributed by atoms with Crippen LogP contribution in [0.4, 0.5) is 0 Å². The number of hydrogen-bond donors (Lipinski definition) is 2. The molecule has 56 heavy (non-hydrogen) atoms. The molecule has 0 bridgehead atoms. The highest BCUT2D eigenvalue weighted by Crippen LogP contribution is 2.57. The number of fused-ring (bicyclic) bond motifs is 4. The molecule has 0 amide bonds. The molecule has 0 aromatic rings. The summed E-state index contributed by atoms with van der Waals surface area (Å²) in [6, 6.07) is 0. The van der Waals surface area contributed by atoms with E-state index >= 15 is 0 Å². The Morgan fingerprint density at radius 1 is 0.411 bits per heavy atom. The Hall–Kier alpha value is -0.740. The van der Waals surface area contributed by atoms with Gasteiger partial charge in [0.05, 0.1) is 12.2 Å². The van der Waals surface area contributed by atoms with Gasteiger partial charge >= 0.3 is 0 Å². The first-order chi connectivity index (χ1) is 26.0. The molecule has 8 saturated carbocycles. The predicted octanol–water partition coefficient (Wildman–Crippen LogP) is 13.3. The molecule has 8 rings (SSSR count). The second kappa shape index (κ2) is 18.5. The lowest BCUT2D eigenvalue weighted by molar-refractivity contribution is -0.123. The SMILES string of the molecule is CC(=O)C1CCC2C(CCC2(C)C)C1.CC(=O)C1CCC2CCC(C)(C)C2C1.CC(O)C1CCC2C(CCC2(C)C)C1.CC(O)C1CCC2CCC(C)(C)C2C1. The van der Waals surface area contributed by atoms with Crippen LogP contribution < -0.4 is 0 Å². The van der Waals surface area contributed by atoms with E-state index in [1.54, 1.807) is 13.8 Å². The molecule has 0 spiro atoms. The third kappa shape index (κ3) is 10.9. The van der Waals surface area contributed by atoms with Gasteiger partial charge in [-0.05, 0) is 237 Å². The normalized spacial score (nSPS) is 42.0. The van der Waals surface area contributed by atoms with E-state index in [1.807, 2.05) is 13.8 Å². The smallest absolute Gasteiger partial charge is 0.132 e. The number of hydrogen-bond acceptors (Lipinski definition) is 4. The maximum Gasteiger partial charge on any atom is 0.132 e. The van der Waals surface area contributed by atoms with E-state index in [9.17, 15) is 19.8 Å². The molecule has 0 aliphatic heterocycles. The molecule has 0 heterocycles. The fraction of sp³-hybridized carbons (Fsp3) is 0.962. The lowest BCUT2D eigenvalue weighted by Gasteiger charge is -2.39. The maximum atomic E-state index is 11.4. The fourth-order valence-electron chi connectivity index (χ4n) is 15.0. The minimum Gasteiger partial charge on any atom is -0.393 e. The van der Waals surface area contributed by atoms with Crippen molar-refractivity contribution >= 4 is 11.6 Å². The molecular weight excluding hydrogens is 689 g/mol. The van der Waals surface area contributed by atoms with E-state index in [4.69, 9.17) is 0 Å². The zero-order valence-electron chi connectivity index (χ0n) is 38.9. The predicted molar refractivity (Wildman–Crippen MR) is 234 cm³/mol. The van der Waals surface area contributed by atoms with Gasteiger partial charge in [0.1, 0.15) is 11.6 Å². The van der Waals surface area contributed by atoms with E-state index in [0.717, 1.165) is 60.2 Å². The third-order valence-corrected chi connectivity index (χ3v) is 19.2. The lowest BCUT2D eigenvalue weighted by atomic mass is 9.67. The summed E-state index contributed by atoms with van der Waals surface area (Å²) in [4.78, 5) is 22.7. The Morgan fingerprint density at radius 3 is 1.23 bits per heavy atom. The molecule has 0 saturated heterocycles. The van der Waals surface area contributed by atoms with Gasteiger partial charge in [-0.1, -0.05) is 55.4 Å². The first-order valence-corrected chi connectivity index (χ1v) is 24.4. The van der Waals surface area contributed by atoms with Crippen molar-refractivity contribution in [3.63, 3.8) is 0 Å². The number of rotatable bonds is 4. The number of carbonyl (C=O) groups excluding carboxylic acids is 2. The molecule has 0 aromatic heterocycles. The number of aliphatic hydroxyl groups excluding tert-OH is 2. The van der Waals surface area contributed by atoms with E-state index in [1.165, 1.54) is 116 Å². The van der Waals surface area contributed by atoms with Gasteiger partial charge in [0.2, 0.25) is 0 Å². The van der Waals surface area contributed by atoms with Crippen molar-refractivity contribution < 1.29 is 19.8 Å². The van der Waals surface area contributed by atoms with Crippen molar-refractivity contribution in [1.29, 1.82) is 0 Å². The van der Waals surface area contributed by atoms with Gasteiger partial charge < -0.3 is 10.2 Å². The summed E-state index contributed by atoms with van der Waals surface area (Å²) < 4.78 is 0. The van der Waals surface area contributed by atoms with E-state index in [0.29, 0.717) is 56.9 Å². The standard InChI is InChI=1S/C13H24O.C13H22O.C13H24O.C13H22O/c2*1-9(14)10-4-5-12-11(8-10)6-7-13(12,2)3;2*1-9(14)11-5-4-10-6-7-13(2,3)12(10)8-11/h9-12,14H,4-8H2,1-3H3;10-12H,4-8H2,1-3H3;9-12,14H,4-8H2,1-3H3;10-12H,4-8H2,1-3H3. The van der Waals surface area contributed by atoms with Crippen molar-refractivity contribution in [2.24, 2.45) is 92.7 Å². The van der Waals surface area contributed by atoms with Crippen LogP contribution in [0, 0.1) is 92.7 Å². The van der Waals surface area contributed by atoms with Crippen molar-refractivity contribution in [3.8, 4) is 0 Å². The van der Waals surface area contributed by atoms with Crippen LogP contribution in [0.25, 0.3) is 0 Å². The number of Topliss-reactive ketones (excluding diaryl/α,β-unsaturated/α-hetero) is 2. The number of aliphatic hydroxyl groups is 2. The second-order valence-corrected chi connectivity index (χ2v) is 24.4. The fourth-order valence-corrected chi connectivity index (χ4v) is 15.0. The van der Waals surface area contributed by atoms with Gasteiger partial charge in [-0.2, -0.15) is 0 Å². The van der Waals surface area contributed by atoms with Crippen LogP contribution in [-0.4, -0.2) is 34.0 Å². The maximum absolute atomic E-state index is 11.4. The Kier molecular flexibility index (Phi) is 15.3. The van der Waals surface area contributed by atoms with Crippen molar-refractivity contribution in [3.05, 3.63) is 0 Å². The van der Waals surface area contributed by atoms with Gasteiger partial charge in [-0.3, -0.25) is 9.59 Å². The second-order valence-electron chi connectivity index (χ2n) is 24.4. The Balaban J connectivity index is 0.000000143. The Bertz CT molecular complexity index is 1290. The minimum absolute atomic E-state index is 0.0836.